The average molecular weight is 482 g/mol. The van der Waals surface area contributed by atoms with E-state index in [1.807, 2.05) is 0 Å². The van der Waals surface area contributed by atoms with Gasteiger partial charge in [-0.15, -0.1) is 0 Å². The fourth-order valence-electron chi connectivity index (χ4n) is 3.80. The number of hydrogen-bond acceptors (Lipinski definition) is 6. The van der Waals surface area contributed by atoms with Crippen molar-refractivity contribution in [2.24, 2.45) is 5.92 Å². The molecule has 0 bridgehead atoms. The number of carbonyl (C=O) groups excluding carboxylic acids is 3. The molecule has 1 fully saturated rings. The van der Waals surface area contributed by atoms with Gasteiger partial charge in [0.2, 0.25) is 10.0 Å². The van der Waals surface area contributed by atoms with E-state index in [4.69, 9.17) is 4.74 Å². The van der Waals surface area contributed by atoms with Gasteiger partial charge in [-0.25, -0.2) is 13.2 Å². The van der Waals surface area contributed by atoms with E-state index in [0.29, 0.717) is 13.1 Å². The minimum atomic E-state index is -3.73. The molecule has 0 aromatic heterocycles. The van der Waals surface area contributed by atoms with Gasteiger partial charge in [-0.05, 0) is 37.0 Å². The molecule has 1 aromatic carbocycles. The Hall–Kier alpha value is -2.46. The van der Waals surface area contributed by atoms with E-state index in [0.717, 1.165) is 25.7 Å². The summed E-state index contributed by atoms with van der Waals surface area (Å²) in [5, 5.41) is 5.46. The van der Waals surface area contributed by atoms with Gasteiger partial charge in [0.1, 0.15) is 6.04 Å². The summed E-state index contributed by atoms with van der Waals surface area (Å²) in [4.78, 5) is 37.4. The zero-order chi connectivity index (χ0) is 24.6. The second-order valence-corrected chi connectivity index (χ2v) is 10.4. The number of nitrogens with one attached hydrogen (secondary N) is 2. The van der Waals surface area contributed by atoms with Crippen LogP contribution in [0.4, 0.5) is 0 Å². The molecular weight excluding hydrogens is 446 g/mol. The number of esters is 1. The van der Waals surface area contributed by atoms with Crippen molar-refractivity contribution in [3.05, 3.63) is 29.8 Å². The third-order valence-corrected chi connectivity index (χ3v) is 7.76. The molecule has 184 valence electrons. The second-order valence-electron chi connectivity index (χ2n) is 8.47. The van der Waals surface area contributed by atoms with Crippen molar-refractivity contribution in [2.45, 2.75) is 70.4 Å². The van der Waals surface area contributed by atoms with E-state index in [9.17, 15) is 22.8 Å². The topological polar surface area (TPSA) is 122 Å². The number of benzene rings is 1. The van der Waals surface area contributed by atoms with E-state index in [-0.39, 0.29) is 28.3 Å². The highest BCUT2D eigenvalue weighted by Gasteiger charge is 2.28. The summed E-state index contributed by atoms with van der Waals surface area (Å²) >= 11 is 0. The van der Waals surface area contributed by atoms with Crippen LogP contribution in [0.2, 0.25) is 0 Å². The highest BCUT2D eigenvalue weighted by Crippen LogP contribution is 2.18. The first-order valence-electron chi connectivity index (χ1n) is 11.5. The van der Waals surface area contributed by atoms with E-state index < -0.39 is 34.5 Å². The van der Waals surface area contributed by atoms with E-state index >= 15 is 0 Å². The first kappa shape index (κ1) is 26.8. The maximum Gasteiger partial charge on any atom is 0.329 e. The number of rotatable bonds is 11. The second kappa shape index (κ2) is 12.1. The number of sulfonamides is 1. The first-order chi connectivity index (χ1) is 15.6. The predicted molar refractivity (Wildman–Crippen MR) is 124 cm³/mol. The molecule has 0 heterocycles. The summed E-state index contributed by atoms with van der Waals surface area (Å²) in [6.07, 6.45) is 3.99. The average Bonchev–Trinajstić information content (AvgIpc) is 3.29. The maximum atomic E-state index is 12.8. The fraction of sp³-hybridized carbons (Fsp3) is 0.609. The lowest BCUT2D eigenvalue weighted by Gasteiger charge is -2.22. The molecule has 2 rings (SSSR count). The molecule has 0 saturated heterocycles. The fourth-order valence-corrected chi connectivity index (χ4v) is 5.30. The third-order valence-electron chi connectivity index (χ3n) is 5.71. The Morgan fingerprint density at radius 1 is 1.12 bits per heavy atom. The van der Waals surface area contributed by atoms with Crippen molar-refractivity contribution in [1.29, 1.82) is 0 Å². The summed E-state index contributed by atoms with van der Waals surface area (Å²) in [5.41, 5.74) is 0.112. The Bertz CT molecular complexity index is 937. The van der Waals surface area contributed by atoms with Crippen molar-refractivity contribution in [2.75, 3.05) is 19.7 Å². The van der Waals surface area contributed by atoms with E-state index in [1.165, 1.54) is 28.6 Å². The van der Waals surface area contributed by atoms with Crippen LogP contribution >= 0.6 is 0 Å². The van der Waals surface area contributed by atoms with Gasteiger partial charge in [0.05, 0.1) is 4.90 Å². The first-order valence-corrected chi connectivity index (χ1v) is 12.9. The Morgan fingerprint density at radius 3 is 2.33 bits per heavy atom. The molecule has 1 aliphatic carbocycles. The molecule has 33 heavy (non-hydrogen) atoms. The lowest BCUT2D eigenvalue weighted by Crippen LogP contribution is -2.46. The van der Waals surface area contributed by atoms with Crippen LogP contribution in [0.15, 0.2) is 29.2 Å². The molecule has 0 unspecified atom stereocenters. The summed E-state index contributed by atoms with van der Waals surface area (Å²) in [7, 11) is -3.73. The zero-order valence-electron chi connectivity index (χ0n) is 19.8. The van der Waals surface area contributed by atoms with Crippen molar-refractivity contribution in [3.63, 3.8) is 0 Å². The van der Waals surface area contributed by atoms with Crippen molar-refractivity contribution in [3.8, 4) is 0 Å². The van der Waals surface area contributed by atoms with E-state index in [2.05, 4.69) is 10.6 Å². The normalized spacial score (nSPS) is 15.5. The standard InChI is InChI=1S/C23H35N3O6S/c1-5-26(6-2)33(30,31)19-13-9-10-17(14-19)22(28)25-21(16(3)4)23(29)32-15-20(27)24-18-11-7-8-12-18/h9-10,13-14,16,18,21H,5-8,11-12,15H2,1-4H3,(H,24,27)(H,25,28)/t21-/m0/s1. The minimum absolute atomic E-state index is 0.00565. The smallest absolute Gasteiger partial charge is 0.329 e. The predicted octanol–water partition coefficient (Wildman–Crippen LogP) is 2.07. The monoisotopic (exact) mass is 481 g/mol. The van der Waals surface area contributed by atoms with Crippen LogP contribution in [0.3, 0.4) is 0 Å². The molecule has 0 aliphatic heterocycles. The third kappa shape index (κ3) is 7.26. The van der Waals surface area contributed by atoms with Gasteiger partial charge >= 0.3 is 5.97 Å². The number of hydrogen-bond donors (Lipinski definition) is 2. The van der Waals surface area contributed by atoms with Gasteiger partial charge in [-0.2, -0.15) is 4.31 Å². The van der Waals surface area contributed by atoms with Crippen molar-refractivity contribution < 1.29 is 27.5 Å². The van der Waals surface area contributed by atoms with Gasteiger partial charge in [-0.1, -0.05) is 46.6 Å². The summed E-state index contributed by atoms with van der Waals surface area (Å²) < 4.78 is 32.0. The van der Waals surface area contributed by atoms with Gasteiger partial charge in [0.25, 0.3) is 11.8 Å². The number of amides is 2. The lowest BCUT2D eigenvalue weighted by atomic mass is 10.0. The largest absolute Gasteiger partial charge is 0.454 e. The Balaban J connectivity index is 2.04. The van der Waals surface area contributed by atoms with Gasteiger partial charge < -0.3 is 15.4 Å². The number of carbonyl (C=O) groups is 3. The molecule has 10 heteroatoms. The van der Waals surface area contributed by atoms with Crippen LogP contribution in [0.1, 0.15) is 63.7 Å². The molecule has 1 aromatic rings. The molecule has 1 saturated carbocycles. The van der Waals surface area contributed by atoms with Crippen LogP contribution < -0.4 is 10.6 Å². The summed E-state index contributed by atoms with van der Waals surface area (Å²) in [6.45, 7) is 7.18. The van der Waals surface area contributed by atoms with Crippen LogP contribution in [0.25, 0.3) is 0 Å². The number of nitrogens with zero attached hydrogens (tertiary/aromatic N) is 1. The molecule has 2 amide bonds. The Labute approximate surface area is 196 Å². The lowest BCUT2D eigenvalue weighted by molar-refractivity contribution is -0.151. The van der Waals surface area contributed by atoms with Crippen LogP contribution in [-0.2, 0) is 24.3 Å². The van der Waals surface area contributed by atoms with E-state index in [1.54, 1.807) is 27.7 Å². The quantitative estimate of drug-likeness (QED) is 0.467. The Kier molecular flexibility index (Phi) is 9.85. The van der Waals surface area contributed by atoms with Gasteiger partial charge in [0.15, 0.2) is 6.61 Å². The molecule has 1 atom stereocenters. The zero-order valence-corrected chi connectivity index (χ0v) is 20.6. The van der Waals surface area contributed by atoms with Crippen LogP contribution in [0, 0.1) is 5.92 Å². The molecule has 1 aliphatic rings. The van der Waals surface area contributed by atoms with Crippen LogP contribution in [0.5, 0.6) is 0 Å². The number of ether oxygens (including phenoxy) is 1. The molecule has 9 nitrogen and oxygen atoms in total. The van der Waals surface area contributed by atoms with Gasteiger partial charge in [-0.3, -0.25) is 9.59 Å². The molecule has 0 radical (unpaired) electrons. The van der Waals surface area contributed by atoms with Gasteiger partial charge in [0, 0.05) is 24.7 Å². The van der Waals surface area contributed by atoms with Crippen molar-refractivity contribution in [1.82, 2.24) is 14.9 Å². The SMILES string of the molecule is CCN(CC)S(=O)(=O)c1cccc(C(=O)N[C@H](C(=O)OCC(=O)NC2CCCC2)C(C)C)c1. The van der Waals surface area contributed by atoms with Crippen LogP contribution in [-0.4, -0.2) is 62.3 Å². The molecular formula is C23H35N3O6S. The molecule has 0 spiro atoms. The molecule has 2 N–H and O–H groups in total. The summed E-state index contributed by atoms with van der Waals surface area (Å²) in [5.74, 6) is -1.98. The minimum Gasteiger partial charge on any atom is -0.454 e. The highest BCUT2D eigenvalue weighted by atomic mass is 32.2. The van der Waals surface area contributed by atoms with Crippen molar-refractivity contribution >= 4 is 27.8 Å². The highest BCUT2D eigenvalue weighted by molar-refractivity contribution is 7.89. The summed E-state index contributed by atoms with van der Waals surface area (Å²) in [6, 6.07) is 4.83. The maximum absolute atomic E-state index is 12.8. The Morgan fingerprint density at radius 2 is 1.76 bits per heavy atom.